The Balaban J connectivity index is 4.19. The van der Waals surface area contributed by atoms with Crippen LogP contribution in [0.25, 0.3) is 0 Å². The van der Waals surface area contributed by atoms with Crippen molar-refractivity contribution in [2.75, 3.05) is 6.61 Å². The minimum absolute atomic E-state index is 0.0895. The third-order valence-corrected chi connectivity index (χ3v) is 1.91. The Bertz CT molecular complexity index is 200. The van der Waals surface area contributed by atoms with Crippen LogP contribution < -0.4 is 0 Å². The van der Waals surface area contributed by atoms with Crippen molar-refractivity contribution in [3.63, 3.8) is 0 Å². The fourth-order valence-corrected chi connectivity index (χ4v) is 1.05. The van der Waals surface area contributed by atoms with Crippen LogP contribution in [-0.4, -0.2) is 19.8 Å². The van der Waals surface area contributed by atoms with E-state index < -0.39 is 8.07 Å². The van der Waals surface area contributed by atoms with Crippen LogP contribution in [0.1, 0.15) is 6.92 Å². The minimum atomic E-state index is -1.23. The largest absolute Gasteiger partial charge is 0.392 e. The number of aliphatic hydroxyl groups is 1. The lowest BCUT2D eigenvalue weighted by molar-refractivity contribution is 0.342. The molecule has 0 atom stereocenters. The van der Waals surface area contributed by atoms with Gasteiger partial charge in [-0.2, -0.15) is 0 Å². The lowest BCUT2D eigenvalue weighted by Gasteiger charge is -2.02. The van der Waals surface area contributed by atoms with Gasteiger partial charge in [-0.3, -0.25) is 0 Å². The van der Waals surface area contributed by atoms with Gasteiger partial charge >= 0.3 is 0 Å². The van der Waals surface area contributed by atoms with E-state index in [4.69, 9.17) is 5.11 Å². The molecule has 0 radical (unpaired) electrons. The first kappa shape index (κ1) is 10.5. The minimum Gasteiger partial charge on any atom is -0.392 e. The molecule has 1 nitrogen and oxygen atoms in total. The maximum Gasteiger partial charge on any atom is 0.129 e. The summed E-state index contributed by atoms with van der Waals surface area (Å²) in [5, 5.41) is 8.53. The van der Waals surface area contributed by atoms with E-state index in [0.717, 1.165) is 5.57 Å². The maximum atomic E-state index is 8.53. The van der Waals surface area contributed by atoms with Gasteiger partial charge in [0, 0.05) is 0 Å². The van der Waals surface area contributed by atoms with Crippen molar-refractivity contribution in [2.45, 2.75) is 26.6 Å². The van der Waals surface area contributed by atoms with Crippen molar-refractivity contribution in [2.24, 2.45) is 0 Å². The van der Waals surface area contributed by atoms with Gasteiger partial charge in [0.05, 0.1) is 6.61 Å². The van der Waals surface area contributed by atoms with E-state index in [9.17, 15) is 0 Å². The van der Waals surface area contributed by atoms with E-state index in [-0.39, 0.29) is 6.61 Å². The van der Waals surface area contributed by atoms with Crippen LogP contribution in [0.5, 0.6) is 0 Å². The fraction of sp³-hybridized carbons (Fsp3) is 0.556. The lowest BCUT2D eigenvalue weighted by Crippen LogP contribution is -2.16. The molecule has 0 rings (SSSR count). The van der Waals surface area contributed by atoms with Crippen LogP contribution in [-0.2, 0) is 0 Å². The quantitative estimate of drug-likeness (QED) is 0.467. The molecular weight excluding hydrogens is 152 g/mol. The Morgan fingerprint density at radius 3 is 2.36 bits per heavy atom. The van der Waals surface area contributed by atoms with Crippen molar-refractivity contribution >= 4 is 8.07 Å². The first-order chi connectivity index (χ1) is 4.95. The van der Waals surface area contributed by atoms with Crippen molar-refractivity contribution in [1.82, 2.24) is 0 Å². The Morgan fingerprint density at radius 1 is 1.45 bits per heavy atom. The highest BCUT2D eigenvalue weighted by Gasteiger charge is 2.06. The summed E-state index contributed by atoms with van der Waals surface area (Å²) in [6, 6.07) is 0. The Hall–Kier alpha value is -0.523. The van der Waals surface area contributed by atoms with Crippen LogP contribution in [0.15, 0.2) is 11.6 Å². The summed E-state index contributed by atoms with van der Waals surface area (Å²) in [7, 11) is -1.23. The molecule has 0 aromatic heterocycles. The molecule has 0 aliphatic carbocycles. The van der Waals surface area contributed by atoms with Gasteiger partial charge in [-0.1, -0.05) is 25.6 Å². The normalized spacial score (nSPS) is 12.3. The zero-order valence-corrected chi connectivity index (χ0v) is 8.73. The number of aliphatic hydroxyl groups excluding tert-OH is 1. The van der Waals surface area contributed by atoms with E-state index in [1.807, 2.05) is 6.92 Å². The highest BCUT2D eigenvalue weighted by atomic mass is 28.3. The Morgan fingerprint density at radius 2 is 2.00 bits per heavy atom. The highest BCUT2D eigenvalue weighted by Crippen LogP contribution is 1.98. The zero-order chi connectivity index (χ0) is 8.91. The van der Waals surface area contributed by atoms with E-state index in [0.29, 0.717) is 0 Å². The highest BCUT2D eigenvalue weighted by molar-refractivity contribution is 6.83. The topological polar surface area (TPSA) is 20.2 Å². The van der Waals surface area contributed by atoms with Crippen LogP contribution in [0.2, 0.25) is 19.6 Å². The second-order valence-electron chi connectivity index (χ2n) is 3.57. The van der Waals surface area contributed by atoms with Crippen molar-refractivity contribution in [3.05, 3.63) is 11.6 Å². The van der Waals surface area contributed by atoms with Crippen LogP contribution in [0.3, 0.4) is 0 Å². The number of allylic oxidation sites excluding steroid dienone is 1. The van der Waals surface area contributed by atoms with Crippen LogP contribution in [0, 0.1) is 11.5 Å². The van der Waals surface area contributed by atoms with Gasteiger partial charge in [0.1, 0.15) is 8.07 Å². The smallest absolute Gasteiger partial charge is 0.129 e. The summed E-state index contributed by atoms with van der Waals surface area (Å²) in [5.41, 5.74) is 4.18. The van der Waals surface area contributed by atoms with Crippen molar-refractivity contribution in [3.8, 4) is 11.5 Å². The summed E-state index contributed by atoms with van der Waals surface area (Å²) in [6.07, 6.45) is 1.73. The number of hydrogen-bond donors (Lipinski definition) is 1. The molecule has 2 heteroatoms. The third kappa shape index (κ3) is 7.37. The molecular formula is C9H16OSi. The Labute approximate surface area is 70.1 Å². The van der Waals surface area contributed by atoms with E-state index in [1.54, 1.807) is 6.08 Å². The van der Waals surface area contributed by atoms with Gasteiger partial charge in [0.15, 0.2) is 0 Å². The molecule has 0 saturated carbocycles. The standard InChI is InChI=1S/C9H16OSi/c1-9(5-7-10)6-8-11(2,3)4/h5,10H,7H2,1-4H3. The maximum absolute atomic E-state index is 8.53. The van der Waals surface area contributed by atoms with Gasteiger partial charge in [-0.25, -0.2) is 0 Å². The first-order valence-corrected chi connectivity index (χ1v) is 7.26. The summed E-state index contributed by atoms with van der Waals surface area (Å²) >= 11 is 0. The third-order valence-electron chi connectivity index (χ3n) is 1.03. The molecule has 0 bridgehead atoms. The summed E-state index contributed by atoms with van der Waals surface area (Å²) in [5.74, 6) is 3.04. The number of rotatable bonds is 1. The lowest BCUT2D eigenvalue weighted by atomic mass is 10.3. The summed E-state index contributed by atoms with van der Waals surface area (Å²) in [4.78, 5) is 0. The van der Waals surface area contributed by atoms with Crippen LogP contribution in [0.4, 0.5) is 0 Å². The molecule has 1 N–H and O–H groups in total. The second kappa shape index (κ2) is 4.37. The number of hydrogen-bond acceptors (Lipinski definition) is 1. The predicted octanol–water partition coefficient (Wildman–Crippen LogP) is 1.81. The zero-order valence-electron chi connectivity index (χ0n) is 7.73. The molecule has 62 valence electrons. The van der Waals surface area contributed by atoms with Gasteiger partial charge in [0.25, 0.3) is 0 Å². The molecule has 0 amide bonds. The van der Waals surface area contributed by atoms with Crippen molar-refractivity contribution in [1.29, 1.82) is 0 Å². The summed E-state index contributed by atoms with van der Waals surface area (Å²) in [6.45, 7) is 8.61. The SMILES string of the molecule is CC(C#C[Si](C)(C)C)=CCO. The molecule has 0 aromatic rings. The van der Waals surface area contributed by atoms with Gasteiger partial charge < -0.3 is 5.11 Å². The average molecular weight is 168 g/mol. The molecule has 0 fully saturated rings. The van der Waals surface area contributed by atoms with Gasteiger partial charge in [0.2, 0.25) is 0 Å². The van der Waals surface area contributed by atoms with E-state index >= 15 is 0 Å². The molecule has 0 aliphatic rings. The predicted molar refractivity (Wildman–Crippen MR) is 52.0 cm³/mol. The molecule has 0 aliphatic heterocycles. The van der Waals surface area contributed by atoms with E-state index in [1.165, 1.54) is 0 Å². The van der Waals surface area contributed by atoms with Gasteiger partial charge in [-0.15, -0.1) is 5.54 Å². The average Bonchev–Trinajstić information content (AvgIpc) is 1.83. The molecule has 0 heterocycles. The molecule has 11 heavy (non-hydrogen) atoms. The monoisotopic (exact) mass is 168 g/mol. The van der Waals surface area contributed by atoms with Crippen LogP contribution >= 0.6 is 0 Å². The van der Waals surface area contributed by atoms with Gasteiger partial charge in [-0.05, 0) is 18.6 Å². The molecule has 0 aromatic carbocycles. The fourth-order valence-electron chi connectivity index (χ4n) is 0.474. The Kier molecular flexibility index (Phi) is 4.17. The summed E-state index contributed by atoms with van der Waals surface area (Å²) < 4.78 is 0. The second-order valence-corrected chi connectivity index (χ2v) is 8.32. The molecule has 0 saturated heterocycles. The molecule has 0 spiro atoms. The molecule has 0 unspecified atom stereocenters. The first-order valence-electron chi connectivity index (χ1n) is 3.76. The van der Waals surface area contributed by atoms with E-state index in [2.05, 4.69) is 31.1 Å². The van der Waals surface area contributed by atoms with Crippen molar-refractivity contribution < 1.29 is 5.11 Å².